The molecule has 0 spiro atoms. The Labute approximate surface area is 86.2 Å². The largest absolute Gasteiger partial charge is 0.466 e. The molecule has 0 saturated heterocycles. The topological polar surface area (TPSA) is 46.6 Å². The maximum atomic E-state index is 10.7. The van der Waals surface area contributed by atoms with Crippen LogP contribution in [0.5, 0.6) is 0 Å². The van der Waals surface area contributed by atoms with Crippen molar-refractivity contribution in [3.63, 3.8) is 0 Å². The molecule has 1 amide bonds. The average molecular weight is 203 g/mol. The number of esters is 1. The molecule has 0 aromatic heterocycles. The smallest absolute Gasteiger partial charge is 0.302 e. The summed E-state index contributed by atoms with van der Waals surface area (Å²) in [5.74, 6) is -0.252. The summed E-state index contributed by atoms with van der Waals surface area (Å²) in [5.41, 5.74) is 0. The number of carbonyl (C=O) groups is 2. The lowest BCUT2D eigenvalue weighted by Crippen LogP contribution is -2.25. The normalized spacial score (nSPS) is 8.36. The highest BCUT2D eigenvalue weighted by Crippen LogP contribution is 1.89. The fourth-order valence-electron chi connectivity index (χ4n) is 0.675. The van der Waals surface area contributed by atoms with Crippen LogP contribution in [0, 0.1) is 0 Å². The first kappa shape index (κ1) is 15.4. The van der Waals surface area contributed by atoms with Gasteiger partial charge in [0.25, 0.3) is 0 Å². The fraction of sp³-hybridized carbons (Fsp3) is 0.800. The monoisotopic (exact) mass is 203 g/mol. The van der Waals surface area contributed by atoms with Crippen molar-refractivity contribution >= 4 is 11.9 Å². The molecule has 0 bridgehead atoms. The van der Waals surface area contributed by atoms with Crippen LogP contribution in [-0.4, -0.2) is 37.0 Å². The van der Waals surface area contributed by atoms with Crippen LogP contribution in [0.1, 0.15) is 34.1 Å². The molecule has 0 rings (SSSR count). The van der Waals surface area contributed by atoms with Gasteiger partial charge in [-0.1, -0.05) is 13.8 Å². The summed E-state index contributed by atoms with van der Waals surface area (Å²) in [6, 6.07) is 0. The Morgan fingerprint density at radius 2 is 1.71 bits per heavy atom. The predicted octanol–water partition coefficient (Wildman–Crippen LogP) is 1.44. The van der Waals surface area contributed by atoms with E-state index in [4.69, 9.17) is 4.74 Å². The lowest BCUT2D eigenvalue weighted by atomic mass is 10.4. The Kier molecular flexibility index (Phi) is 11.0. The molecule has 0 aromatic rings. The highest BCUT2D eigenvalue weighted by atomic mass is 16.5. The average Bonchev–Trinajstić information content (AvgIpc) is 2.15. The summed E-state index contributed by atoms with van der Waals surface area (Å²) in [6.45, 7) is 7.89. The predicted molar refractivity (Wildman–Crippen MR) is 55.9 cm³/mol. The Morgan fingerprint density at radius 1 is 1.21 bits per heavy atom. The lowest BCUT2D eigenvalue weighted by Gasteiger charge is -2.13. The minimum Gasteiger partial charge on any atom is -0.466 e. The van der Waals surface area contributed by atoms with E-state index in [9.17, 15) is 9.59 Å². The third kappa shape index (κ3) is 10.9. The molecule has 0 saturated carbocycles. The van der Waals surface area contributed by atoms with Crippen LogP contribution in [0.2, 0.25) is 0 Å². The van der Waals surface area contributed by atoms with Crippen LogP contribution in [0.4, 0.5) is 0 Å². The van der Waals surface area contributed by atoms with Gasteiger partial charge >= 0.3 is 5.97 Å². The molecule has 0 aliphatic carbocycles. The zero-order chi connectivity index (χ0) is 11.6. The molecule has 4 nitrogen and oxygen atoms in total. The molecule has 0 heterocycles. The number of rotatable bonds is 4. The SMILES string of the molecule is CC.CC(=O)OCCCN(C)C(C)=O. The van der Waals surface area contributed by atoms with Gasteiger partial charge in [0.1, 0.15) is 0 Å². The molecule has 0 aliphatic rings. The van der Waals surface area contributed by atoms with Crippen LogP contribution in [0.3, 0.4) is 0 Å². The molecule has 0 fully saturated rings. The van der Waals surface area contributed by atoms with Crippen molar-refractivity contribution in [3.05, 3.63) is 0 Å². The number of ether oxygens (including phenoxy) is 1. The maximum Gasteiger partial charge on any atom is 0.302 e. The molecule has 0 N–H and O–H groups in total. The molecule has 0 atom stereocenters. The van der Waals surface area contributed by atoms with Crippen molar-refractivity contribution in [2.75, 3.05) is 20.2 Å². The van der Waals surface area contributed by atoms with Crippen molar-refractivity contribution in [1.82, 2.24) is 4.90 Å². The second kappa shape index (κ2) is 10.0. The lowest BCUT2D eigenvalue weighted by molar-refractivity contribution is -0.141. The van der Waals surface area contributed by atoms with Crippen molar-refractivity contribution in [1.29, 1.82) is 0 Å². The minimum atomic E-state index is -0.277. The summed E-state index contributed by atoms with van der Waals surface area (Å²) in [7, 11) is 1.72. The van der Waals surface area contributed by atoms with E-state index >= 15 is 0 Å². The van der Waals surface area contributed by atoms with Gasteiger partial charge in [-0.15, -0.1) is 0 Å². The molecule has 0 unspecified atom stereocenters. The van der Waals surface area contributed by atoms with Crippen LogP contribution < -0.4 is 0 Å². The minimum absolute atomic E-state index is 0.0258. The number of amides is 1. The van der Waals surface area contributed by atoms with Crippen molar-refractivity contribution in [2.24, 2.45) is 0 Å². The Hall–Kier alpha value is -1.06. The number of hydrogen-bond donors (Lipinski definition) is 0. The van der Waals surface area contributed by atoms with Crippen molar-refractivity contribution in [3.8, 4) is 0 Å². The summed E-state index contributed by atoms with van der Waals surface area (Å²) < 4.78 is 4.70. The number of nitrogens with zero attached hydrogens (tertiary/aromatic N) is 1. The summed E-state index contributed by atoms with van der Waals surface area (Å²) in [5, 5.41) is 0. The first-order chi connectivity index (χ1) is 6.54. The van der Waals surface area contributed by atoms with Gasteiger partial charge in [0.15, 0.2) is 0 Å². The van der Waals surface area contributed by atoms with Crippen LogP contribution in [0.25, 0.3) is 0 Å². The van der Waals surface area contributed by atoms with Crippen molar-refractivity contribution in [2.45, 2.75) is 34.1 Å². The Morgan fingerprint density at radius 3 is 2.07 bits per heavy atom. The molecule has 0 aromatic carbocycles. The first-order valence-corrected chi connectivity index (χ1v) is 4.89. The molecule has 0 aliphatic heterocycles. The standard InChI is InChI=1S/C8H15NO3.C2H6/c1-7(10)9(3)5-4-6-12-8(2)11;1-2/h4-6H2,1-3H3;1-2H3. The van der Waals surface area contributed by atoms with E-state index in [2.05, 4.69) is 0 Å². The molecule has 4 heteroatoms. The van der Waals surface area contributed by atoms with Gasteiger partial charge < -0.3 is 9.64 Å². The van der Waals surface area contributed by atoms with Gasteiger partial charge in [-0.3, -0.25) is 9.59 Å². The summed E-state index contributed by atoms with van der Waals surface area (Å²) in [4.78, 5) is 22.6. The van der Waals surface area contributed by atoms with Gasteiger partial charge in [-0.25, -0.2) is 0 Å². The second-order valence-electron chi connectivity index (χ2n) is 2.63. The van der Waals surface area contributed by atoms with Crippen LogP contribution in [-0.2, 0) is 14.3 Å². The van der Waals surface area contributed by atoms with E-state index in [-0.39, 0.29) is 11.9 Å². The zero-order valence-electron chi connectivity index (χ0n) is 9.79. The fourth-order valence-corrected chi connectivity index (χ4v) is 0.675. The van der Waals surface area contributed by atoms with E-state index in [1.807, 2.05) is 13.8 Å². The van der Waals surface area contributed by atoms with Gasteiger partial charge in [-0.2, -0.15) is 0 Å². The van der Waals surface area contributed by atoms with Gasteiger partial charge in [0, 0.05) is 27.4 Å². The quantitative estimate of drug-likeness (QED) is 0.513. The Balaban J connectivity index is 0. The molecular formula is C10H21NO3. The van der Waals surface area contributed by atoms with Crippen molar-refractivity contribution < 1.29 is 14.3 Å². The molecular weight excluding hydrogens is 182 g/mol. The first-order valence-electron chi connectivity index (χ1n) is 4.89. The third-order valence-corrected chi connectivity index (χ3v) is 1.48. The Bertz CT molecular complexity index is 169. The highest BCUT2D eigenvalue weighted by Gasteiger charge is 2.00. The highest BCUT2D eigenvalue weighted by molar-refractivity contribution is 5.72. The third-order valence-electron chi connectivity index (χ3n) is 1.48. The van der Waals surface area contributed by atoms with E-state index in [0.717, 1.165) is 0 Å². The van der Waals surface area contributed by atoms with Gasteiger partial charge in [-0.05, 0) is 6.42 Å². The molecule has 0 radical (unpaired) electrons. The second-order valence-corrected chi connectivity index (χ2v) is 2.63. The van der Waals surface area contributed by atoms with E-state index < -0.39 is 0 Å². The number of hydrogen-bond acceptors (Lipinski definition) is 3. The van der Waals surface area contributed by atoms with Gasteiger partial charge in [0.2, 0.25) is 5.91 Å². The zero-order valence-corrected chi connectivity index (χ0v) is 9.79. The number of carbonyl (C=O) groups excluding carboxylic acids is 2. The van der Waals surface area contributed by atoms with E-state index in [1.54, 1.807) is 11.9 Å². The summed E-state index contributed by atoms with van der Waals surface area (Å²) in [6.07, 6.45) is 0.690. The molecule has 14 heavy (non-hydrogen) atoms. The van der Waals surface area contributed by atoms with E-state index in [1.165, 1.54) is 13.8 Å². The van der Waals surface area contributed by atoms with Crippen LogP contribution >= 0.6 is 0 Å². The molecule has 84 valence electrons. The maximum absolute atomic E-state index is 10.7. The van der Waals surface area contributed by atoms with Crippen LogP contribution in [0.15, 0.2) is 0 Å². The van der Waals surface area contributed by atoms with Gasteiger partial charge in [0.05, 0.1) is 6.61 Å². The summed E-state index contributed by atoms with van der Waals surface area (Å²) >= 11 is 0. The van der Waals surface area contributed by atoms with E-state index in [0.29, 0.717) is 19.6 Å².